The fourth-order valence-corrected chi connectivity index (χ4v) is 5.12. The summed E-state index contributed by atoms with van der Waals surface area (Å²) in [4.78, 5) is 50.7. The first-order valence-corrected chi connectivity index (χ1v) is 8.93. The van der Waals surface area contributed by atoms with Crippen molar-refractivity contribution in [2.75, 3.05) is 0 Å². The van der Waals surface area contributed by atoms with Crippen LogP contribution < -0.4 is 0 Å². The second kappa shape index (κ2) is 4.65. The van der Waals surface area contributed by atoms with E-state index >= 15 is 0 Å². The van der Waals surface area contributed by atoms with Crippen molar-refractivity contribution in [1.29, 1.82) is 0 Å². The lowest BCUT2D eigenvalue weighted by atomic mass is 9.74. The van der Waals surface area contributed by atoms with Crippen LogP contribution in [0.4, 0.5) is 0 Å². The van der Waals surface area contributed by atoms with Gasteiger partial charge in [0.15, 0.2) is 23.1 Å². The third-order valence-electron chi connectivity index (χ3n) is 6.26. The van der Waals surface area contributed by atoms with Crippen LogP contribution in [-0.2, 0) is 0 Å². The maximum atomic E-state index is 13.1. The van der Waals surface area contributed by atoms with Gasteiger partial charge in [-0.25, -0.2) is 0 Å². The van der Waals surface area contributed by atoms with Crippen LogP contribution in [0, 0.1) is 0 Å². The molecule has 128 valence electrons. The van der Waals surface area contributed by atoms with Crippen molar-refractivity contribution in [3.63, 3.8) is 0 Å². The van der Waals surface area contributed by atoms with E-state index in [9.17, 15) is 19.2 Å². The van der Waals surface area contributed by atoms with E-state index in [1.165, 1.54) is 12.2 Å². The molecule has 2 aromatic carbocycles. The highest BCUT2D eigenvalue weighted by Crippen LogP contribution is 2.59. The SMILES string of the molecule is O=C1C=CC(=O)c2cc3c(cc21)[C@@H]1C[C@H]3C2=C1C(=O)c1ccccc1C2=O. The maximum Gasteiger partial charge on any atom is 0.190 e. The van der Waals surface area contributed by atoms with E-state index < -0.39 is 0 Å². The van der Waals surface area contributed by atoms with Crippen LogP contribution in [0.1, 0.15) is 70.8 Å². The molecule has 4 aliphatic carbocycles. The molecular formula is C23H12O4. The number of fused-ring (bicyclic) bond motifs is 9. The Morgan fingerprint density at radius 1 is 0.630 bits per heavy atom. The molecule has 0 N–H and O–H groups in total. The molecule has 0 fully saturated rings. The summed E-state index contributed by atoms with van der Waals surface area (Å²) in [5.41, 5.74) is 4.70. The predicted octanol–water partition coefficient (Wildman–Crippen LogP) is 3.58. The monoisotopic (exact) mass is 352 g/mol. The average Bonchev–Trinajstić information content (AvgIpc) is 3.25. The molecule has 0 unspecified atom stereocenters. The van der Waals surface area contributed by atoms with Crippen LogP contribution in [0.15, 0.2) is 59.7 Å². The second-order valence-electron chi connectivity index (χ2n) is 7.46. The quantitative estimate of drug-likeness (QED) is 0.727. The Morgan fingerprint density at radius 2 is 1.07 bits per heavy atom. The Balaban J connectivity index is 1.58. The summed E-state index contributed by atoms with van der Waals surface area (Å²) in [5, 5.41) is 0. The Morgan fingerprint density at radius 3 is 1.52 bits per heavy atom. The minimum absolute atomic E-state index is 0.0848. The summed E-state index contributed by atoms with van der Waals surface area (Å²) in [5.74, 6) is -0.911. The Labute approximate surface area is 154 Å². The first-order chi connectivity index (χ1) is 13.1. The van der Waals surface area contributed by atoms with Crippen molar-refractivity contribution in [1.82, 2.24) is 0 Å². The number of hydrogen-bond donors (Lipinski definition) is 0. The molecule has 0 saturated carbocycles. The number of Topliss-reactive ketones (excluding diaryl/α,β-unsaturated/α-hetero) is 2. The summed E-state index contributed by atoms with van der Waals surface area (Å²) in [6.45, 7) is 0. The fourth-order valence-electron chi connectivity index (χ4n) is 5.12. The molecule has 0 aliphatic heterocycles. The summed E-state index contributed by atoms with van der Waals surface area (Å²) in [6, 6.07) is 10.5. The molecule has 0 radical (unpaired) electrons. The molecule has 2 bridgehead atoms. The Kier molecular flexibility index (Phi) is 2.54. The van der Waals surface area contributed by atoms with E-state index in [-0.39, 0.29) is 35.0 Å². The number of ketones is 4. The lowest BCUT2D eigenvalue weighted by Crippen LogP contribution is -2.26. The normalized spacial score (nSPS) is 24.1. The highest BCUT2D eigenvalue weighted by atomic mass is 16.1. The number of hydrogen-bond acceptors (Lipinski definition) is 4. The first kappa shape index (κ1) is 14.7. The largest absolute Gasteiger partial charge is 0.289 e. The van der Waals surface area contributed by atoms with Gasteiger partial charge in [-0.2, -0.15) is 0 Å². The Bertz CT molecular complexity index is 1130. The molecular weight excluding hydrogens is 340 g/mol. The molecule has 4 nitrogen and oxygen atoms in total. The van der Waals surface area contributed by atoms with Gasteiger partial charge in [0, 0.05) is 45.2 Å². The number of benzene rings is 2. The van der Waals surface area contributed by atoms with Crippen molar-refractivity contribution in [2.24, 2.45) is 0 Å². The topological polar surface area (TPSA) is 68.3 Å². The van der Waals surface area contributed by atoms with Crippen LogP contribution in [-0.4, -0.2) is 23.1 Å². The van der Waals surface area contributed by atoms with E-state index in [2.05, 4.69) is 0 Å². The van der Waals surface area contributed by atoms with Crippen LogP contribution in [0.3, 0.4) is 0 Å². The molecule has 0 heterocycles. The lowest BCUT2D eigenvalue weighted by molar-refractivity contribution is 0.0971. The summed E-state index contributed by atoms with van der Waals surface area (Å²) in [7, 11) is 0. The summed E-state index contributed by atoms with van der Waals surface area (Å²) >= 11 is 0. The van der Waals surface area contributed by atoms with E-state index in [0.717, 1.165) is 11.1 Å². The number of carbonyl (C=O) groups is 4. The molecule has 2 atom stereocenters. The second-order valence-corrected chi connectivity index (χ2v) is 7.46. The highest BCUT2D eigenvalue weighted by Gasteiger charge is 2.51. The minimum atomic E-state index is -0.194. The number of carbonyl (C=O) groups excluding carboxylic acids is 4. The Hall–Kier alpha value is -3.40. The van der Waals surface area contributed by atoms with Crippen LogP contribution in [0.5, 0.6) is 0 Å². The molecule has 0 amide bonds. The number of allylic oxidation sites excluding steroid dienone is 4. The van der Waals surface area contributed by atoms with E-state index in [1.54, 1.807) is 36.4 Å². The van der Waals surface area contributed by atoms with Crippen molar-refractivity contribution in [3.8, 4) is 0 Å². The lowest BCUT2D eigenvalue weighted by Gasteiger charge is -2.27. The zero-order valence-corrected chi connectivity index (χ0v) is 14.1. The van der Waals surface area contributed by atoms with Gasteiger partial charge in [-0.1, -0.05) is 24.3 Å². The average molecular weight is 352 g/mol. The van der Waals surface area contributed by atoms with Gasteiger partial charge in [0.25, 0.3) is 0 Å². The van der Waals surface area contributed by atoms with Crippen molar-refractivity contribution < 1.29 is 19.2 Å². The van der Waals surface area contributed by atoms with Gasteiger partial charge < -0.3 is 0 Å². The maximum absolute atomic E-state index is 13.1. The van der Waals surface area contributed by atoms with Crippen molar-refractivity contribution in [3.05, 3.63) is 93.1 Å². The van der Waals surface area contributed by atoms with E-state index in [1.807, 2.05) is 0 Å². The van der Waals surface area contributed by atoms with Gasteiger partial charge in [-0.15, -0.1) is 0 Å². The standard InChI is InChI=1S/C23H12O4/c24-18-5-6-19(25)15-8-13-12(7-14(15)18)16-9-17(13)21-20(16)22(26)10-3-1-2-4-11(10)23(21)27/h1-8,16-17H,9H2/t16-,17+. The molecule has 6 rings (SSSR count). The van der Waals surface area contributed by atoms with Crippen LogP contribution in [0.2, 0.25) is 0 Å². The molecule has 0 aromatic heterocycles. The van der Waals surface area contributed by atoms with Gasteiger partial charge in [0.2, 0.25) is 0 Å². The van der Waals surface area contributed by atoms with Crippen LogP contribution in [0.25, 0.3) is 0 Å². The van der Waals surface area contributed by atoms with Gasteiger partial charge in [-0.3, -0.25) is 19.2 Å². The fraction of sp³-hybridized carbons (Fsp3) is 0.130. The molecule has 27 heavy (non-hydrogen) atoms. The molecule has 0 saturated heterocycles. The van der Waals surface area contributed by atoms with Crippen molar-refractivity contribution in [2.45, 2.75) is 18.3 Å². The molecule has 4 heteroatoms. The van der Waals surface area contributed by atoms with Crippen LogP contribution >= 0.6 is 0 Å². The van der Waals surface area contributed by atoms with Crippen molar-refractivity contribution >= 4 is 23.1 Å². The minimum Gasteiger partial charge on any atom is -0.289 e. The van der Waals surface area contributed by atoms with Gasteiger partial charge in [-0.05, 0) is 41.8 Å². The zero-order valence-electron chi connectivity index (χ0n) is 14.1. The van der Waals surface area contributed by atoms with Gasteiger partial charge >= 0.3 is 0 Å². The molecule has 0 spiro atoms. The third-order valence-corrected chi connectivity index (χ3v) is 6.26. The third kappa shape index (κ3) is 1.63. The molecule has 4 aliphatic rings. The first-order valence-electron chi connectivity index (χ1n) is 8.93. The zero-order chi connectivity index (χ0) is 18.4. The summed E-state index contributed by atoms with van der Waals surface area (Å²) in [6.07, 6.45) is 3.24. The smallest absolute Gasteiger partial charge is 0.190 e. The number of rotatable bonds is 0. The predicted molar refractivity (Wildman–Crippen MR) is 96.5 cm³/mol. The van der Waals surface area contributed by atoms with Gasteiger partial charge in [0.1, 0.15) is 0 Å². The summed E-state index contributed by atoms with van der Waals surface area (Å²) < 4.78 is 0. The van der Waals surface area contributed by atoms with Gasteiger partial charge in [0.05, 0.1) is 0 Å². The van der Waals surface area contributed by atoms with E-state index in [0.29, 0.717) is 39.8 Å². The highest BCUT2D eigenvalue weighted by molar-refractivity contribution is 6.29. The van der Waals surface area contributed by atoms with E-state index in [4.69, 9.17) is 0 Å². The molecule has 2 aromatic rings.